The standard InChI is InChI=1S/C12H17N3O2S/c1-12(2,8-16)14(3)7-9-6-10(17)15-4-5-18-11(15)13-9/h4-6,16H,7-8H2,1-3H3. The SMILES string of the molecule is CN(Cc1cc(=O)n2ccsc2n1)C(C)(C)CO. The number of aromatic nitrogens is 2. The number of aliphatic hydroxyl groups excluding tert-OH is 1. The number of rotatable bonds is 4. The van der Waals surface area contributed by atoms with Gasteiger partial charge in [0, 0.05) is 29.7 Å². The Morgan fingerprint density at radius 2 is 2.28 bits per heavy atom. The summed E-state index contributed by atoms with van der Waals surface area (Å²) in [6.45, 7) is 4.49. The third-order valence-corrected chi connectivity index (χ3v) is 3.93. The summed E-state index contributed by atoms with van der Waals surface area (Å²) in [6.07, 6.45) is 1.72. The monoisotopic (exact) mass is 267 g/mol. The Hall–Kier alpha value is -1.24. The quantitative estimate of drug-likeness (QED) is 0.896. The molecule has 2 aromatic heterocycles. The van der Waals surface area contributed by atoms with E-state index in [1.807, 2.05) is 31.2 Å². The molecule has 0 aliphatic heterocycles. The van der Waals surface area contributed by atoms with Crippen molar-refractivity contribution in [3.05, 3.63) is 33.7 Å². The topological polar surface area (TPSA) is 57.8 Å². The minimum absolute atomic E-state index is 0.0593. The van der Waals surface area contributed by atoms with Gasteiger partial charge in [0.2, 0.25) is 0 Å². The van der Waals surface area contributed by atoms with Crippen molar-refractivity contribution < 1.29 is 5.11 Å². The second-order valence-electron chi connectivity index (χ2n) is 4.97. The van der Waals surface area contributed by atoms with Crippen molar-refractivity contribution in [2.75, 3.05) is 13.7 Å². The molecule has 0 bridgehead atoms. The van der Waals surface area contributed by atoms with Crippen LogP contribution in [0.2, 0.25) is 0 Å². The lowest BCUT2D eigenvalue weighted by Crippen LogP contribution is -2.43. The van der Waals surface area contributed by atoms with Gasteiger partial charge < -0.3 is 5.11 Å². The maximum atomic E-state index is 11.8. The summed E-state index contributed by atoms with van der Waals surface area (Å²) >= 11 is 1.44. The lowest BCUT2D eigenvalue weighted by Gasteiger charge is -2.33. The average molecular weight is 267 g/mol. The van der Waals surface area contributed by atoms with E-state index in [0.717, 1.165) is 5.69 Å². The second kappa shape index (κ2) is 4.79. The number of hydrogen-bond acceptors (Lipinski definition) is 5. The highest BCUT2D eigenvalue weighted by atomic mass is 32.1. The maximum Gasteiger partial charge on any atom is 0.258 e. The number of hydrogen-bond donors (Lipinski definition) is 1. The van der Waals surface area contributed by atoms with Gasteiger partial charge in [0.25, 0.3) is 5.56 Å². The van der Waals surface area contributed by atoms with E-state index in [1.165, 1.54) is 15.7 Å². The molecule has 0 atom stereocenters. The van der Waals surface area contributed by atoms with Crippen molar-refractivity contribution in [3.8, 4) is 0 Å². The van der Waals surface area contributed by atoms with E-state index in [0.29, 0.717) is 11.5 Å². The van der Waals surface area contributed by atoms with Crippen LogP contribution >= 0.6 is 11.3 Å². The fraction of sp³-hybridized carbons (Fsp3) is 0.500. The van der Waals surface area contributed by atoms with Gasteiger partial charge in [-0.1, -0.05) is 0 Å². The highest BCUT2D eigenvalue weighted by Gasteiger charge is 2.23. The van der Waals surface area contributed by atoms with E-state index in [9.17, 15) is 9.90 Å². The molecule has 0 radical (unpaired) electrons. The van der Waals surface area contributed by atoms with Crippen molar-refractivity contribution in [2.24, 2.45) is 0 Å². The van der Waals surface area contributed by atoms with Crippen LogP contribution in [0.25, 0.3) is 4.96 Å². The van der Waals surface area contributed by atoms with Crippen LogP contribution < -0.4 is 5.56 Å². The lowest BCUT2D eigenvalue weighted by atomic mass is 10.1. The average Bonchev–Trinajstić information content (AvgIpc) is 2.77. The molecule has 5 nitrogen and oxygen atoms in total. The first kappa shape index (κ1) is 13.2. The van der Waals surface area contributed by atoms with Gasteiger partial charge in [-0.25, -0.2) is 4.98 Å². The van der Waals surface area contributed by atoms with Crippen LogP contribution in [-0.4, -0.2) is 38.6 Å². The summed E-state index contributed by atoms with van der Waals surface area (Å²) in [5.41, 5.74) is 0.334. The second-order valence-corrected chi connectivity index (χ2v) is 5.84. The van der Waals surface area contributed by atoms with Gasteiger partial charge in [-0.3, -0.25) is 14.1 Å². The van der Waals surface area contributed by atoms with Crippen LogP contribution in [0.1, 0.15) is 19.5 Å². The first-order valence-corrected chi connectivity index (χ1v) is 6.60. The van der Waals surface area contributed by atoms with E-state index in [-0.39, 0.29) is 17.7 Å². The van der Waals surface area contributed by atoms with Gasteiger partial charge in [0.15, 0.2) is 4.96 Å². The zero-order valence-corrected chi connectivity index (χ0v) is 11.6. The van der Waals surface area contributed by atoms with E-state index < -0.39 is 0 Å². The molecule has 0 saturated carbocycles. The van der Waals surface area contributed by atoms with Crippen LogP contribution in [0.3, 0.4) is 0 Å². The van der Waals surface area contributed by atoms with Crippen LogP contribution in [0.4, 0.5) is 0 Å². The Morgan fingerprint density at radius 3 is 2.94 bits per heavy atom. The number of aliphatic hydroxyl groups is 1. The molecule has 2 rings (SSSR count). The van der Waals surface area contributed by atoms with Crippen molar-refractivity contribution in [1.82, 2.24) is 14.3 Å². The molecule has 6 heteroatoms. The number of nitrogens with zero attached hydrogens (tertiary/aromatic N) is 3. The van der Waals surface area contributed by atoms with Crippen LogP contribution in [0.5, 0.6) is 0 Å². The molecular formula is C12H17N3O2S. The van der Waals surface area contributed by atoms with Gasteiger partial charge in [0.05, 0.1) is 12.3 Å². The Morgan fingerprint density at radius 1 is 1.56 bits per heavy atom. The molecule has 0 spiro atoms. The smallest absolute Gasteiger partial charge is 0.258 e. The molecule has 0 aliphatic carbocycles. The van der Waals surface area contributed by atoms with Crippen molar-refractivity contribution in [3.63, 3.8) is 0 Å². The molecule has 0 saturated heterocycles. The molecule has 2 heterocycles. The van der Waals surface area contributed by atoms with Crippen molar-refractivity contribution >= 4 is 16.3 Å². The van der Waals surface area contributed by atoms with Crippen LogP contribution in [0.15, 0.2) is 22.4 Å². The highest BCUT2D eigenvalue weighted by molar-refractivity contribution is 7.15. The molecule has 0 fully saturated rings. The first-order chi connectivity index (χ1) is 8.44. The fourth-order valence-corrected chi connectivity index (χ4v) is 2.29. The molecular weight excluding hydrogens is 250 g/mol. The van der Waals surface area contributed by atoms with Gasteiger partial charge >= 0.3 is 0 Å². The Bertz CT molecular complexity index is 603. The van der Waals surface area contributed by atoms with Crippen LogP contribution in [0, 0.1) is 0 Å². The molecule has 1 N–H and O–H groups in total. The van der Waals surface area contributed by atoms with Gasteiger partial charge in [-0.2, -0.15) is 0 Å². The molecule has 18 heavy (non-hydrogen) atoms. The molecule has 2 aromatic rings. The Balaban J connectivity index is 2.30. The fourth-order valence-electron chi connectivity index (χ4n) is 1.55. The number of thiazole rings is 1. The summed E-state index contributed by atoms with van der Waals surface area (Å²) in [5, 5.41) is 11.2. The van der Waals surface area contributed by atoms with Gasteiger partial charge in [-0.05, 0) is 20.9 Å². The zero-order valence-electron chi connectivity index (χ0n) is 10.8. The largest absolute Gasteiger partial charge is 0.394 e. The lowest BCUT2D eigenvalue weighted by molar-refractivity contribution is 0.0725. The third-order valence-electron chi connectivity index (χ3n) is 3.18. The first-order valence-electron chi connectivity index (χ1n) is 5.72. The molecule has 0 unspecified atom stereocenters. The highest BCUT2D eigenvalue weighted by Crippen LogP contribution is 2.14. The minimum Gasteiger partial charge on any atom is -0.394 e. The summed E-state index contributed by atoms with van der Waals surface area (Å²) in [6, 6.07) is 1.55. The minimum atomic E-state index is -0.331. The predicted molar refractivity (Wildman–Crippen MR) is 72.0 cm³/mol. The van der Waals surface area contributed by atoms with E-state index >= 15 is 0 Å². The summed E-state index contributed by atoms with van der Waals surface area (Å²) in [4.78, 5) is 19.0. The summed E-state index contributed by atoms with van der Waals surface area (Å²) in [7, 11) is 1.91. The maximum absolute atomic E-state index is 11.8. The zero-order chi connectivity index (χ0) is 13.3. The van der Waals surface area contributed by atoms with Gasteiger partial charge in [0.1, 0.15) is 0 Å². The van der Waals surface area contributed by atoms with E-state index in [4.69, 9.17) is 0 Å². The number of fused-ring (bicyclic) bond motifs is 1. The molecule has 98 valence electrons. The Labute approximate surface area is 109 Å². The third kappa shape index (κ3) is 2.45. The normalized spacial score (nSPS) is 12.5. The molecule has 0 aromatic carbocycles. The summed E-state index contributed by atoms with van der Waals surface area (Å²) in [5.74, 6) is 0. The van der Waals surface area contributed by atoms with Crippen molar-refractivity contribution in [1.29, 1.82) is 0 Å². The Kier molecular flexibility index (Phi) is 3.52. The predicted octanol–water partition coefficient (Wildman–Crippen LogP) is 0.959. The number of likely N-dealkylation sites (N-methyl/N-ethyl adjacent to an activating group) is 1. The van der Waals surface area contributed by atoms with Gasteiger partial charge in [-0.15, -0.1) is 11.3 Å². The van der Waals surface area contributed by atoms with Crippen LogP contribution in [-0.2, 0) is 6.54 Å². The van der Waals surface area contributed by atoms with Crippen molar-refractivity contribution in [2.45, 2.75) is 25.9 Å². The molecule has 0 aliphatic rings. The van der Waals surface area contributed by atoms with E-state index in [1.54, 1.807) is 12.3 Å². The molecule has 0 amide bonds. The summed E-state index contributed by atoms with van der Waals surface area (Å²) < 4.78 is 1.53. The van der Waals surface area contributed by atoms with E-state index in [2.05, 4.69) is 4.98 Å².